The summed E-state index contributed by atoms with van der Waals surface area (Å²) in [5.74, 6) is -1.16. The van der Waals surface area contributed by atoms with Crippen molar-refractivity contribution in [2.75, 3.05) is 20.4 Å². The molecule has 2 N–H and O–H groups in total. The summed E-state index contributed by atoms with van der Waals surface area (Å²) in [6, 6.07) is 6.45. The number of nitrogens with zero attached hydrogens (tertiary/aromatic N) is 3. The Balaban J connectivity index is 1.74. The highest BCUT2D eigenvalue weighted by atomic mass is 32.2. The number of amides is 2. The number of nitrogens with one attached hydrogen (secondary N) is 2. The van der Waals surface area contributed by atoms with E-state index in [1.54, 1.807) is 6.26 Å². The monoisotopic (exact) mass is 515 g/mol. The smallest absolute Gasteiger partial charge is 0.286 e. The number of hydrogen-bond acceptors (Lipinski definition) is 8. The van der Waals surface area contributed by atoms with Crippen LogP contribution in [0.1, 0.15) is 72.6 Å². The molecule has 0 radical (unpaired) electrons. The quantitative estimate of drug-likeness (QED) is 0.345. The zero-order chi connectivity index (χ0) is 26.2. The van der Waals surface area contributed by atoms with Crippen LogP contribution in [0.3, 0.4) is 0 Å². The lowest BCUT2D eigenvalue weighted by atomic mass is 9.83. The highest BCUT2D eigenvalue weighted by molar-refractivity contribution is 7.98. The van der Waals surface area contributed by atoms with Gasteiger partial charge < -0.3 is 20.0 Å². The Kier molecular flexibility index (Phi) is 10.1. The molecule has 0 aliphatic heterocycles. The fourth-order valence-corrected chi connectivity index (χ4v) is 4.89. The fourth-order valence-electron chi connectivity index (χ4n) is 4.61. The molecule has 0 spiro atoms. The minimum Gasteiger partial charge on any atom is -0.408 e. The van der Waals surface area contributed by atoms with Gasteiger partial charge in [-0.25, -0.2) is 0 Å². The van der Waals surface area contributed by atoms with Crippen LogP contribution in [0.15, 0.2) is 33.9 Å². The molecule has 0 bridgehead atoms. The lowest BCUT2D eigenvalue weighted by Crippen LogP contribution is -2.52. The number of ketones is 1. The zero-order valence-corrected chi connectivity index (χ0v) is 22.6. The van der Waals surface area contributed by atoms with Crippen molar-refractivity contribution in [3.8, 4) is 0 Å². The number of carbonyl (C=O) groups is 3. The van der Waals surface area contributed by atoms with Gasteiger partial charge >= 0.3 is 0 Å². The van der Waals surface area contributed by atoms with Crippen LogP contribution in [0.25, 0.3) is 0 Å². The number of aromatic nitrogens is 2. The molecule has 1 aromatic heterocycles. The number of thioether (sulfide) groups is 1. The Hall–Kier alpha value is -2.72. The molecule has 3 rings (SSSR count). The van der Waals surface area contributed by atoms with E-state index in [0.717, 1.165) is 18.4 Å². The van der Waals surface area contributed by atoms with E-state index in [-0.39, 0.29) is 35.4 Å². The van der Waals surface area contributed by atoms with Crippen LogP contribution in [-0.2, 0) is 11.3 Å². The van der Waals surface area contributed by atoms with Crippen LogP contribution in [-0.4, -0.2) is 65.1 Å². The molecule has 196 valence electrons. The van der Waals surface area contributed by atoms with E-state index in [4.69, 9.17) is 4.42 Å². The topological polar surface area (TPSA) is 117 Å². The van der Waals surface area contributed by atoms with Crippen LogP contribution in [0.5, 0.6) is 0 Å². The molecule has 10 heteroatoms. The largest absolute Gasteiger partial charge is 0.408 e. The summed E-state index contributed by atoms with van der Waals surface area (Å²) in [5.41, 5.74) is 1.55. The summed E-state index contributed by atoms with van der Waals surface area (Å²) >= 11 is 1.25. The maximum atomic E-state index is 13.4. The van der Waals surface area contributed by atoms with Crippen molar-refractivity contribution in [1.82, 2.24) is 25.7 Å². The highest BCUT2D eigenvalue weighted by Gasteiger charge is 2.35. The molecule has 9 nitrogen and oxygen atoms in total. The first-order valence-electron chi connectivity index (χ1n) is 12.4. The van der Waals surface area contributed by atoms with Crippen molar-refractivity contribution in [1.29, 1.82) is 0 Å². The zero-order valence-electron chi connectivity index (χ0n) is 21.7. The third-order valence-corrected chi connectivity index (χ3v) is 6.81. The van der Waals surface area contributed by atoms with Crippen LogP contribution in [0, 0.1) is 11.8 Å². The standard InChI is InChI=1S/C26H37N5O4S/c1-16(2)14-21(22(32)25-29-30-26(35-25)36-5)28-24(34)19-12-8-9-13-20(19)27-23(33)18-11-7-6-10-17(18)15-31(3)4/h6-7,10-11,16,19-21H,8-9,12-15H2,1-5H3,(H,27,33)(H,28,34)/t19-,20+,21?/m1/s1. The maximum absolute atomic E-state index is 13.4. The normalized spacial score (nSPS) is 18.8. The molecule has 1 aliphatic rings. The van der Waals surface area contributed by atoms with Crippen molar-refractivity contribution in [2.45, 2.75) is 69.8 Å². The van der Waals surface area contributed by atoms with E-state index in [1.165, 1.54) is 11.8 Å². The number of carbonyl (C=O) groups excluding carboxylic acids is 3. The molecule has 2 aromatic rings. The van der Waals surface area contributed by atoms with Gasteiger partial charge in [0.05, 0.1) is 12.0 Å². The van der Waals surface area contributed by atoms with Crippen LogP contribution >= 0.6 is 11.8 Å². The predicted octanol–water partition coefficient (Wildman–Crippen LogP) is 3.56. The third kappa shape index (κ3) is 7.39. The Bertz CT molecular complexity index is 1050. The van der Waals surface area contributed by atoms with Gasteiger partial charge in [-0.1, -0.05) is 56.7 Å². The minimum atomic E-state index is -0.772. The number of Topliss-reactive ketones (excluding diaryl/α,β-unsaturated/α-hetero) is 1. The Morgan fingerprint density at radius 2 is 1.86 bits per heavy atom. The predicted molar refractivity (Wildman–Crippen MR) is 139 cm³/mol. The Labute approximate surface area is 217 Å². The average molecular weight is 516 g/mol. The molecule has 36 heavy (non-hydrogen) atoms. The SMILES string of the molecule is CSc1nnc(C(=O)C(CC(C)C)NC(=O)[C@@H]2CCCC[C@@H]2NC(=O)c2ccccc2CN(C)C)o1. The van der Waals surface area contributed by atoms with Gasteiger partial charge in [0.2, 0.25) is 11.7 Å². The molecule has 0 saturated heterocycles. The average Bonchev–Trinajstić information content (AvgIpc) is 3.32. The van der Waals surface area contributed by atoms with Crippen molar-refractivity contribution in [3.63, 3.8) is 0 Å². The fraction of sp³-hybridized carbons (Fsp3) is 0.577. The molecule has 1 fully saturated rings. The molecule has 2 amide bonds. The van der Waals surface area contributed by atoms with Crippen LogP contribution < -0.4 is 10.6 Å². The van der Waals surface area contributed by atoms with Gasteiger partial charge in [0.25, 0.3) is 17.0 Å². The second-order valence-corrected chi connectivity index (χ2v) is 10.8. The number of hydrogen-bond donors (Lipinski definition) is 2. The molecule has 1 heterocycles. The van der Waals surface area contributed by atoms with Gasteiger partial charge in [-0.3, -0.25) is 14.4 Å². The summed E-state index contributed by atoms with van der Waals surface area (Å²) in [6.07, 6.45) is 5.42. The summed E-state index contributed by atoms with van der Waals surface area (Å²) in [6.45, 7) is 4.62. The number of benzene rings is 1. The van der Waals surface area contributed by atoms with Gasteiger partial charge in [0.15, 0.2) is 0 Å². The van der Waals surface area contributed by atoms with E-state index in [2.05, 4.69) is 20.8 Å². The molecule has 1 aliphatic carbocycles. The van der Waals surface area contributed by atoms with Crippen molar-refractivity contribution in [3.05, 3.63) is 41.3 Å². The van der Waals surface area contributed by atoms with Crippen molar-refractivity contribution < 1.29 is 18.8 Å². The summed E-state index contributed by atoms with van der Waals surface area (Å²) in [7, 11) is 3.92. The molecule has 1 saturated carbocycles. The number of rotatable bonds is 11. The molecule has 3 atom stereocenters. The van der Waals surface area contributed by atoms with Gasteiger partial charge in [-0.05, 0) is 57.2 Å². The van der Waals surface area contributed by atoms with Crippen molar-refractivity contribution in [2.24, 2.45) is 11.8 Å². The summed E-state index contributed by atoms with van der Waals surface area (Å²) in [5, 5.41) is 14.1. The van der Waals surface area contributed by atoms with Crippen molar-refractivity contribution >= 4 is 29.4 Å². The molecular formula is C26H37N5O4S. The van der Waals surface area contributed by atoms with Gasteiger partial charge in [-0.15, -0.1) is 10.2 Å². The lowest BCUT2D eigenvalue weighted by molar-refractivity contribution is -0.127. The molecule has 1 aromatic carbocycles. The van der Waals surface area contributed by atoms with Crippen LogP contribution in [0.4, 0.5) is 0 Å². The van der Waals surface area contributed by atoms with Gasteiger partial charge in [0.1, 0.15) is 0 Å². The third-order valence-electron chi connectivity index (χ3n) is 6.30. The van der Waals surface area contributed by atoms with Gasteiger partial charge in [0, 0.05) is 18.2 Å². The first-order chi connectivity index (χ1) is 17.2. The van der Waals surface area contributed by atoms with E-state index >= 15 is 0 Å². The first kappa shape index (κ1) is 27.9. The molecular weight excluding hydrogens is 478 g/mol. The van der Waals surface area contributed by atoms with E-state index in [9.17, 15) is 14.4 Å². The van der Waals surface area contributed by atoms with E-state index < -0.39 is 12.0 Å². The Morgan fingerprint density at radius 3 is 2.53 bits per heavy atom. The maximum Gasteiger partial charge on any atom is 0.286 e. The second kappa shape index (κ2) is 13.0. The van der Waals surface area contributed by atoms with Crippen LogP contribution in [0.2, 0.25) is 0 Å². The first-order valence-corrected chi connectivity index (χ1v) is 13.7. The second-order valence-electron chi connectivity index (χ2n) is 10.00. The highest BCUT2D eigenvalue weighted by Crippen LogP contribution is 2.26. The van der Waals surface area contributed by atoms with E-state index in [1.807, 2.05) is 57.1 Å². The summed E-state index contributed by atoms with van der Waals surface area (Å²) in [4.78, 5) is 41.8. The summed E-state index contributed by atoms with van der Waals surface area (Å²) < 4.78 is 5.42. The minimum absolute atomic E-state index is 0.101. The van der Waals surface area contributed by atoms with Gasteiger partial charge in [-0.2, -0.15) is 0 Å². The molecule has 1 unspecified atom stereocenters. The van der Waals surface area contributed by atoms with E-state index in [0.29, 0.717) is 36.6 Å². The lowest BCUT2D eigenvalue weighted by Gasteiger charge is -2.32. The Morgan fingerprint density at radius 1 is 1.14 bits per heavy atom.